The molecule has 1 N–H and O–H groups in total. The Morgan fingerprint density at radius 2 is 1.56 bits per heavy atom. The first-order valence-electron chi connectivity index (χ1n) is 14.4. The predicted molar refractivity (Wildman–Crippen MR) is 163 cm³/mol. The highest BCUT2D eigenvalue weighted by molar-refractivity contribution is 7.92. The van der Waals surface area contributed by atoms with Crippen molar-refractivity contribution in [3.05, 3.63) is 95.6 Å². The lowest BCUT2D eigenvalue weighted by Crippen LogP contribution is -2.53. The van der Waals surface area contributed by atoms with Gasteiger partial charge in [-0.2, -0.15) is 0 Å². The summed E-state index contributed by atoms with van der Waals surface area (Å²) in [7, 11) is -4.07. The number of hydrogen-bond acceptors (Lipinski definition) is 4. The maximum Gasteiger partial charge on any atom is 0.264 e. The Hall–Kier alpha value is -3.65. The van der Waals surface area contributed by atoms with Crippen LogP contribution >= 0.6 is 0 Å². The molecule has 41 heavy (non-hydrogen) atoms. The second-order valence-corrected chi connectivity index (χ2v) is 12.9. The van der Waals surface area contributed by atoms with Crippen LogP contribution in [0.4, 0.5) is 5.69 Å². The van der Waals surface area contributed by atoms with E-state index in [2.05, 4.69) is 5.32 Å². The molecule has 0 aliphatic heterocycles. The molecule has 1 saturated carbocycles. The average molecular weight is 576 g/mol. The monoisotopic (exact) mass is 575 g/mol. The number of carbonyl (C=O) groups is 2. The first kappa shape index (κ1) is 30.3. The van der Waals surface area contributed by atoms with Crippen molar-refractivity contribution in [2.45, 2.75) is 76.3 Å². The van der Waals surface area contributed by atoms with Crippen molar-refractivity contribution in [2.24, 2.45) is 0 Å². The van der Waals surface area contributed by atoms with Gasteiger partial charge < -0.3 is 10.2 Å². The Labute approximate surface area is 244 Å². The van der Waals surface area contributed by atoms with Gasteiger partial charge in [-0.15, -0.1) is 0 Å². The number of anilines is 1. The molecule has 0 saturated heterocycles. The third-order valence-electron chi connectivity index (χ3n) is 7.78. The lowest BCUT2D eigenvalue weighted by atomic mass is 9.95. The molecule has 2 amide bonds. The van der Waals surface area contributed by atoms with Crippen molar-refractivity contribution in [3.63, 3.8) is 0 Å². The van der Waals surface area contributed by atoms with Crippen LogP contribution < -0.4 is 9.62 Å². The summed E-state index contributed by atoms with van der Waals surface area (Å²) in [5.74, 6) is -0.633. The second kappa shape index (κ2) is 13.8. The summed E-state index contributed by atoms with van der Waals surface area (Å²) >= 11 is 0. The van der Waals surface area contributed by atoms with E-state index in [4.69, 9.17) is 0 Å². The largest absolute Gasteiger partial charge is 0.352 e. The van der Waals surface area contributed by atoms with Crippen molar-refractivity contribution >= 4 is 27.5 Å². The molecule has 0 heterocycles. The molecule has 1 aliphatic rings. The Balaban J connectivity index is 1.63. The van der Waals surface area contributed by atoms with Crippen molar-refractivity contribution in [2.75, 3.05) is 17.4 Å². The van der Waals surface area contributed by atoms with Gasteiger partial charge in [0.25, 0.3) is 10.0 Å². The maximum absolute atomic E-state index is 14.0. The molecular formula is C33H41N3O4S. The number of carbonyl (C=O) groups excluding carboxylic acids is 2. The van der Waals surface area contributed by atoms with Gasteiger partial charge in [-0.25, -0.2) is 8.42 Å². The molecule has 0 radical (unpaired) electrons. The number of hydrogen-bond donors (Lipinski definition) is 1. The standard InChI is InChI=1S/C33H41N3O4S/c1-25-17-19-31(20-18-25)41(39,40)36(30-16-10-11-26(2)23-30)24-32(37)35(22-21-28-12-6-4-7-13-28)27(3)33(38)34-29-14-8-5-9-15-29/h4,6-7,10-13,16-20,23,27,29H,5,8-9,14-15,21-22,24H2,1-3H3,(H,34,38)/t27-/m1/s1. The highest BCUT2D eigenvalue weighted by atomic mass is 32.2. The lowest BCUT2D eigenvalue weighted by molar-refractivity contribution is -0.139. The van der Waals surface area contributed by atoms with Gasteiger partial charge in [0.05, 0.1) is 10.6 Å². The molecule has 3 aromatic carbocycles. The fourth-order valence-electron chi connectivity index (χ4n) is 5.29. The van der Waals surface area contributed by atoms with Crippen LogP contribution in [-0.4, -0.2) is 50.3 Å². The minimum Gasteiger partial charge on any atom is -0.352 e. The Morgan fingerprint density at radius 1 is 0.878 bits per heavy atom. The van der Waals surface area contributed by atoms with E-state index < -0.39 is 28.5 Å². The molecule has 8 heteroatoms. The number of benzene rings is 3. The Kier molecular flexibility index (Phi) is 10.2. The molecule has 218 valence electrons. The minimum atomic E-state index is -4.07. The second-order valence-electron chi connectivity index (χ2n) is 11.0. The van der Waals surface area contributed by atoms with Crippen LogP contribution in [0, 0.1) is 13.8 Å². The van der Waals surface area contributed by atoms with Crippen molar-refractivity contribution in [1.82, 2.24) is 10.2 Å². The zero-order chi connectivity index (χ0) is 29.4. The summed E-state index contributed by atoms with van der Waals surface area (Å²) < 4.78 is 29.0. The molecule has 0 unspecified atom stereocenters. The maximum atomic E-state index is 14.0. The fourth-order valence-corrected chi connectivity index (χ4v) is 6.69. The highest BCUT2D eigenvalue weighted by Crippen LogP contribution is 2.25. The molecule has 0 spiro atoms. The number of sulfonamides is 1. The first-order chi connectivity index (χ1) is 19.6. The molecule has 1 fully saturated rings. The van der Waals surface area contributed by atoms with Gasteiger partial charge in [-0.05, 0) is 75.4 Å². The smallest absolute Gasteiger partial charge is 0.264 e. The van der Waals surface area contributed by atoms with E-state index in [0.29, 0.717) is 12.1 Å². The predicted octanol–water partition coefficient (Wildman–Crippen LogP) is 5.41. The molecule has 0 bridgehead atoms. The van der Waals surface area contributed by atoms with Gasteiger partial charge in [0.2, 0.25) is 11.8 Å². The zero-order valence-corrected chi connectivity index (χ0v) is 25.1. The molecule has 1 aliphatic carbocycles. The number of rotatable bonds is 11. The fraction of sp³-hybridized carbons (Fsp3) is 0.394. The van der Waals surface area contributed by atoms with Gasteiger partial charge in [-0.1, -0.05) is 79.4 Å². The summed E-state index contributed by atoms with van der Waals surface area (Å²) in [5, 5.41) is 3.14. The average Bonchev–Trinajstić information content (AvgIpc) is 2.97. The van der Waals surface area contributed by atoms with Gasteiger partial charge in [0.15, 0.2) is 0 Å². The molecular weight excluding hydrogens is 534 g/mol. The van der Waals surface area contributed by atoms with Gasteiger partial charge in [0.1, 0.15) is 12.6 Å². The molecule has 3 aromatic rings. The van der Waals surface area contributed by atoms with Crippen molar-refractivity contribution in [1.29, 1.82) is 0 Å². The molecule has 1 atom stereocenters. The third-order valence-corrected chi connectivity index (χ3v) is 9.57. The number of amides is 2. The van der Waals surface area contributed by atoms with E-state index in [1.807, 2.05) is 50.2 Å². The third kappa shape index (κ3) is 7.97. The summed E-state index contributed by atoms with van der Waals surface area (Å²) in [5.41, 5.74) is 3.25. The van der Waals surface area contributed by atoms with E-state index in [1.165, 1.54) is 11.3 Å². The van der Waals surface area contributed by atoms with Crippen LogP contribution in [0.1, 0.15) is 55.7 Å². The van der Waals surface area contributed by atoms with Crippen LogP contribution in [0.2, 0.25) is 0 Å². The zero-order valence-electron chi connectivity index (χ0n) is 24.3. The molecule has 7 nitrogen and oxygen atoms in total. The van der Waals surface area contributed by atoms with Gasteiger partial charge in [0, 0.05) is 12.6 Å². The molecule has 4 rings (SSSR count). The van der Waals surface area contributed by atoms with Gasteiger partial charge >= 0.3 is 0 Å². The van der Waals surface area contributed by atoms with Crippen LogP contribution in [0.3, 0.4) is 0 Å². The van der Waals surface area contributed by atoms with Crippen LogP contribution in [0.15, 0.2) is 83.8 Å². The minimum absolute atomic E-state index is 0.107. The topological polar surface area (TPSA) is 86.8 Å². The van der Waals surface area contributed by atoms with E-state index in [1.54, 1.807) is 49.4 Å². The van der Waals surface area contributed by atoms with Crippen LogP contribution in [0.25, 0.3) is 0 Å². The summed E-state index contributed by atoms with van der Waals surface area (Å²) in [6.45, 7) is 5.37. The van der Waals surface area contributed by atoms with Gasteiger partial charge in [-0.3, -0.25) is 13.9 Å². The van der Waals surface area contributed by atoms with E-state index >= 15 is 0 Å². The van der Waals surface area contributed by atoms with E-state index in [9.17, 15) is 18.0 Å². The highest BCUT2D eigenvalue weighted by Gasteiger charge is 2.33. The molecule has 0 aromatic heterocycles. The number of nitrogens with zero attached hydrogens (tertiary/aromatic N) is 2. The SMILES string of the molecule is Cc1ccc(S(=O)(=O)N(CC(=O)N(CCc2ccccc2)[C@H](C)C(=O)NC2CCCCC2)c2cccc(C)c2)cc1. The Bertz CT molecular complexity index is 1420. The first-order valence-corrected chi connectivity index (χ1v) is 15.9. The lowest BCUT2D eigenvalue weighted by Gasteiger charge is -2.33. The Morgan fingerprint density at radius 3 is 2.22 bits per heavy atom. The van der Waals surface area contributed by atoms with Crippen LogP contribution in [0.5, 0.6) is 0 Å². The normalized spacial score (nSPS) is 14.7. The van der Waals surface area contributed by atoms with E-state index in [-0.39, 0.29) is 23.4 Å². The summed E-state index contributed by atoms with van der Waals surface area (Å²) in [4.78, 5) is 29.1. The number of nitrogens with one attached hydrogen (secondary N) is 1. The summed E-state index contributed by atoms with van der Waals surface area (Å²) in [6, 6.07) is 22.8. The quantitative estimate of drug-likeness (QED) is 0.331. The van der Waals surface area contributed by atoms with Crippen LogP contribution in [-0.2, 0) is 26.0 Å². The van der Waals surface area contributed by atoms with Crippen molar-refractivity contribution < 1.29 is 18.0 Å². The van der Waals surface area contributed by atoms with Crippen molar-refractivity contribution in [3.8, 4) is 0 Å². The summed E-state index contributed by atoms with van der Waals surface area (Å²) in [6.07, 6.45) is 5.76. The van der Waals surface area contributed by atoms with E-state index in [0.717, 1.165) is 46.7 Å². The number of aryl methyl sites for hydroxylation is 2.